The van der Waals surface area contributed by atoms with E-state index in [1.54, 1.807) is 14.0 Å². The smallest absolute Gasteiger partial charge is 0.221 e. The van der Waals surface area contributed by atoms with E-state index in [4.69, 9.17) is 10.5 Å². The molecule has 0 aliphatic rings. The van der Waals surface area contributed by atoms with E-state index in [0.29, 0.717) is 13.0 Å². The number of ether oxygens (including phenoxy) is 1. The van der Waals surface area contributed by atoms with Crippen LogP contribution in [0.5, 0.6) is 0 Å². The fourth-order valence-corrected chi connectivity index (χ4v) is 1.87. The van der Waals surface area contributed by atoms with E-state index in [-0.39, 0.29) is 30.3 Å². The van der Waals surface area contributed by atoms with Crippen LogP contribution in [0.4, 0.5) is 0 Å². The Kier molecular flexibility index (Phi) is 7.55. The molecule has 0 aromatic carbocycles. The Morgan fingerprint density at radius 3 is 2.42 bits per heavy atom. The highest BCUT2D eigenvalue weighted by molar-refractivity contribution is 5.76. The molecule has 0 saturated heterocycles. The van der Waals surface area contributed by atoms with Gasteiger partial charge in [0.2, 0.25) is 5.91 Å². The number of rotatable bonds is 8. The van der Waals surface area contributed by atoms with Gasteiger partial charge in [-0.15, -0.1) is 0 Å². The van der Waals surface area contributed by atoms with Gasteiger partial charge in [0.15, 0.2) is 0 Å². The van der Waals surface area contributed by atoms with Crippen molar-refractivity contribution >= 4 is 5.91 Å². The van der Waals surface area contributed by atoms with Crippen molar-refractivity contribution in [2.24, 2.45) is 11.1 Å². The fraction of sp³-hybridized carbons (Fsp3) is 0.929. The number of nitrogens with two attached hydrogens (primary N) is 1. The summed E-state index contributed by atoms with van der Waals surface area (Å²) in [5.74, 6) is -0.116. The van der Waals surface area contributed by atoms with Crippen molar-refractivity contribution in [2.75, 3.05) is 20.3 Å². The number of carbonyl (C=O) groups excluding carboxylic acids is 1. The van der Waals surface area contributed by atoms with Crippen molar-refractivity contribution in [3.63, 3.8) is 0 Å². The normalized spacial score (nSPS) is 16.8. The maximum absolute atomic E-state index is 11.7. The largest absolute Gasteiger partial charge is 0.388 e. The molecule has 0 aliphatic heterocycles. The number of aliphatic hydroxyl groups is 1. The Hall–Kier alpha value is -0.650. The van der Waals surface area contributed by atoms with Gasteiger partial charge in [-0.3, -0.25) is 4.79 Å². The molecule has 0 saturated carbocycles. The lowest BCUT2D eigenvalue weighted by atomic mass is 9.87. The molecule has 0 aromatic rings. The lowest BCUT2D eigenvalue weighted by Crippen LogP contribution is -2.43. The molecule has 114 valence electrons. The van der Waals surface area contributed by atoms with Gasteiger partial charge < -0.3 is 20.9 Å². The molecule has 2 atom stereocenters. The zero-order valence-corrected chi connectivity index (χ0v) is 13.0. The van der Waals surface area contributed by atoms with Crippen molar-refractivity contribution in [2.45, 2.75) is 58.6 Å². The van der Waals surface area contributed by atoms with E-state index >= 15 is 0 Å². The molecule has 19 heavy (non-hydrogen) atoms. The predicted octanol–water partition coefficient (Wildman–Crippen LogP) is 1.04. The standard InChI is InChI=1S/C14H30N2O3/c1-13(2,3)9-11(15)8-12(17)16-10-14(4,18)6-7-19-5/h11,18H,6-10,15H2,1-5H3,(H,16,17). The summed E-state index contributed by atoms with van der Waals surface area (Å²) in [4.78, 5) is 11.7. The maximum Gasteiger partial charge on any atom is 0.221 e. The molecule has 0 aliphatic carbocycles. The highest BCUT2D eigenvalue weighted by Gasteiger charge is 2.22. The molecule has 0 bridgehead atoms. The predicted molar refractivity (Wildman–Crippen MR) is 76.8 cm³/mol. The molecule has 0 fully saturated rings. The summed E-state index contributed by atoms with van der Waals surface area (Å²) >= 11 is 0. The van der Waals surface area contributed by atoms with Crippen LogP contribution in [0.25, 0.3) is 0 Å². The second-order valence-electron chi connectivity index (χ2n) is 6.75. The average molecular weight is 274 g/mol. The monoisotopic (exact) mass is 274 g/mol. The van der Waals surface area contributed by atoms with Gasteiger partial charge in [-0.25, -0.2) is 0 Å². The van der Waals surface area contributed by atoms with Gasteiger partial charge in [0.25, 0.3) is 0 Å². The number of hydrogen-bond donors (Lipinski definition) is 3. The minimum atomic E-state index is -0.945. The van der Waals surface area contributed by atoms with Crippen LogP contribution in [0.2, 0.25) is 0 Å². The van der Waals surface area contributed by atoms with Crippen molar-refractivity contribution in [1.29, 1.82) is 0 Å². The minimum absolute atomic E-state index is 0.115. The number of amides is 1. The minimum Gasteiger partial charge on any atom is -0.388 e. The Morgan fingerprint density at radius 1 is 1.37 bits per heavy atom. The molecule has 1 amide bonds. The molecular formula is C14H30N2O3. The van der Waals surface area contributed by atoms with Gasteiger partial charge in [-0.05, 0) is 18.8 Å². The topological polar surface area (TPSA) is 84.6 Å². The summed E-state index contributed by atoms with van der Waals surface area (Å²) in [6.07, 6.45) is 1.57. The Balaban J connectivity index is 3.98. The van der Waals surface area contributed by atoms with E-state index in [0.717, 1.165) is 6.42 Å². The summed E-state index contributed by atoms with van der Waals surface area (Å²) < 4.78 is 4.91. The first-order chi connectivity index (χ1) is 8.56. The summed E-state index contributed by atoms with van der Waals surface area (Å²) in [6.45, 7) is 8.66. The van der Waals surface area contributed by atoms with Crippen LogP contribution in [0.1, 0.15) is 47.0 Å². The Labute approximate surface area is 116 Å². The maximum atomic E-state index is 11.7. The first kappa shape index (κ1) is 18.4. The second-order valence-corrected chi connectivity index (χ2v) is 6.75. The van der Waals surface area contributed by atoms with Crippen LogP contribution >= 0.6 is 0 Å². The second kappa shape index (κ2) is 7.82. The third-order valence-electron chi connectivity index (χ3n) is 2.83. The lowest BCUT2D eigenvalue weighted by Gasteiger charge is -2.25. The van der Waals surface area contributed by atoms with Crippen LogP contribution in [0.15, 0.2) is 0 Å². The van der Waals surface area contributed by atoms with Gasteiger partial charge in [0.05, 0.1) is 5.60 Å². The molecule has 0 radical (unpaired) electrons. The average Bonchev–Trinajstić information content (AvgIpc) is 2.21. The van der Waals surface area contributed by atoms with E-state index in [1.807, 2.05) is 0 Å². The number of nitrogens with one attached hydrogen (secondary N) is 1. The van der Waals surface area contributed by atoms with Gasteiger partial charge in [0, 0.05) is 39.1 Å². The van der Waals surface area contributed by atoms with Gasteiger partial charge in [-0.1, -0.05) is 20.8 Å². The van der Waals surface area contributed by atoms with E-state index < -0.39 is 5.60 Å². The first-order valence-corrected chi connectivity index (χ1v) is 6.79. The third kappa shape index (κ3) is 10.9. The van der Waals surface area contributed by atoms with Crippen molar-refractivity contribution < 1.29 is 14.6 Å². The molecule has 0 aromatic heterocycles. The number of carbonyl (C=O) groups is 1. The summed E-state index contributed by atoms with van der Waals surface area (Å²) in [6, 6.07) is -0.149. The highest BCUT2D eigenvalue weighted by Crippen LogP contribution is 2.21. The fourth-order valence-electron chi connectivity index (χ4n) is 1.87. The van der Waals surface area contributed by atoms with Crippen molar-refractivity contribution in [3.8, 4) is 0 Å². The molecule has 0 spiro atoms. The van der Waals surface area contributed by atoms with Crippen molar-refractivity contribution in [3.05, 3.63) is 0 Å². The first-order valence-electron chi connectivity index (χ1n) is 6.79. The zero-order chi connectivity index (χ0) is 15.1. The van der Waals surface area contributed by atoms with Gasteiger partial charge >= 0.3 is 0 Å². The molecule has 0 heterocycles. The van der Waals surface area contributed by atoms with Gasteiger partial charge in [0.1, 0.15) is 0 Å². The summed E-state index contributed by atoms with van der Waals surface area (Å²) in [7, 11) is 1.58. The molecule has 4 N–H and O–H groups in total. The highest BCUT2D eigenvalue weighted by atomic mass is 16.5. The molecular weight excluding hydrogens is 244 g/mol. The van der Waals surface area contributed by atoms with E-state index in [2.05, 4.69) is 26.1 Å². The van der Waals surface area contributed by atoms with E-state index in [9.17, 15) is 9.90 Å². The van der Waals surface area contributed by atoms with Crippen molar-refractivity contribution in [1.82, 2.24) is 5.32 Å². The lowest BCUT2D eigenvalue weighted by molar-refractivity contribution is -0.122. The third-order valence-corrected chi connectivity index (χ3v) is 2.83. The zero-order valence-electron chi connectivity index (χ0n) is 13.0. The van der Waals surface area contributed by atoms with Crippen LogP contribution in [-0.4, -0.2) is 42.9 Å². The van der Waals surface area contributed by atoms with Crippen LogP contribution in [0.3, 0.4) is 0 Å². The van der Waals surface area contributed by atoms with Crippen LogP contribution in [-0.2, 0) is 9.53 Å². The van der Waals surface area contributed by atoms with Crippen LogP contribution < -0.4 is 11.1 Å². The quantitative estimate of drug-likeness (QED) is 0.617. The molecule has 0 rings (SSSR count). The molecule has 5 nitrogen and oxygen atoms in total. The summed E-state index contributed by atoms with van der Waals surface area (Å²) in [5.41, 5.74) is 5.11. The number of hydrogen-bond acceptors (Lipinski definition) is 4. The SMILES string of the molecule is COCCC(C)(O)CNC(=O)CC(N)CC(C)(C)C. The summed E-state index contributed by atoms with van der Waals surface area (Å²) in [5, 5.41) is 12.7. The number of methoxy groups -OCH3 is 1. The Morgan fingerprint density at radius 2 is 1.95 bits per heavy atom. The molecule has 2 unspecified atom stereocenters. The van der Waals surface area contributed by atoms with Crippen LogP contribution in [0, 0.1) is 5.41 Å². The van der Waals surface area contributed by atoms with Gasteiger partial charge in [-0.2, -0.15) is 0 Å². The van der Waals surface area contributed by atoms with E-state index in [1.165, 1.54) is 0 Å². The Bertz CT molecular complexity index is 272. The molecule has 5 heteroatoms.